The van der Waals surface area contributed by atoms with Crippen LogP contribution in [0.1, 0.15) is 26.7 Å². The summed E-state index contributed by atoms with van der Waals surface area (Å²) in [5.74, 6) is -4.33. The Morgan fingerprint density at radius 3 is 2.27 bits per heavy atom. The van der Waals surface area contributed by atoms with Crippen LogP contribution in [0.25, 0.3) is 0 Å². The maximum Gasteiger partial charge on any atom is 0.308 e. The van der Waals surface area contributed by atoms with E-state index in [4.69, 9.17) is 5.11 Å². The van der Waals surface area contributed by atoms with Gasteiger partial charge in [-0.05, 0) is 0 Å². The van der Waals surface area contributed by atoms with E-state index in [1.165, 1.54) is 0 Å². The summed E-state index contributed by atoms with van der Waals surface area (Å²) in [5.41, 5.74) is 0. The van der Waals surface area contributed by atoms with Gasteiger partial charge in [0.1, 0.15) is 6.61 Å². The molecule has 0 aromatic rings. The Morgan fingerprint density at radius 2 is 1.87 bits per heavy atom. The first-order valence-corrected chi connectivity index (χ1v) is 4.58. The molecule has 6 nitrogen and oxygen atoms in total. The van der Waals surface area contributed by atoms with Crippen LogP contribution >= 0.6 is 0 Å². The molecule has 0 amide bonds. The average Bonchev–Trinajstić information content (AvgIpc) is 2.11. The lowest BCUT2D eigenvalue weighted by molar-refractivity contribution is -0.208. The van der Waals surface area contributed by atoms with Crippen molar-refractivity contribution < 1.29 is 29.6 Å². The molecule has 0 saturated carbocycles. The fourth-order valence-electron chi connectivity index (χ4n) is 0.733. The highest BCUT2D eigenvalue weighted by Crippen LogP contribution is 2.10. The zero-order valence-corrected chi connectivity index (χ0v) is 8.77. The quantitative estimate of drug-likeness (QED) is 0.420. The van der Waals surface area contributed by atoms with Crippen molar-refractivity contribution in [2.75, 3.05) is 6.61 Å². The monoisotopic (exact) mass is 220 g/mol. The van der Waals surface area contributed by atoms with Gasteiger partial charge in [-0.1, -0.05) is 13.8 Å². The highest BCUT2D eigenvalue weighted by atomic mass is 16.6. The standard InChI is InChI=1S/C9H16O6/c1-6(2)8(12)15-5-9(13,14)4-3-7(10)11/h6,13-14H,3-5H2,1-2H3,(H,10,11). The molecule has 0 aliphatic heterocycles. The van der Waals surface area contributed by atoms with Crippen molar-refractivity contribution in [3.05, 3.63) is 0 Å². The number of carbonyl (C=O) groups excluding carboxylic acids is 1. The zero-order chi connectivity index (χ0) is 12.1. The first-order chi connectivity index (χ1) is 6.74. The van der Waals surface area contributed by atoms with Crippen LogP contribution in [0.4, 0.5) is 0 Å². The van der Waals surface area contributed by atoms with E-state index in [1.807, 2.05) is 0 Å². The third kappa shape index (κ3) is 6.87. The summed E-state index contributed by atoms with van der Waals surface area (Å²) in [6.07, 6.45) is -0.778. The molecule has 0 aliphatic carbocycles. The molecular weight excluding hydrogens is 204 g/mol. The van der Waals surface area contributed by atoms with E-state index in [9.17, 15) is 19.8 Å². The Balaban J connectivity index is 3.93. The van der Waals surface area contributed by atoms with Crippen molar-refractivity contribution >= 4 is 11.9 Å². The number of hydrogen-bond donors (Lipinski definition) is 3. The number of ether oxygens (including phenoxy) is 1. The molecule has 0 aliphatic rings. The van der Waals surface area contributed by atoms with Crippen LogP contribution < -0.4 is 0 Å². The zero-order valence-electron chi connectivity index (χ0n) is 8.77. The molecule has 0 radical (unpaired) electrons. The third-order valence-electron chi connectivity index (χ3n) is 1.66. The minimum Gasteiger partial charge on any atom is -0.481 e. The van der Waals surface area contributed by atoms with Gasteiger partial charge in [0.25, 0.3) is 0 Å². The summed E-state index contributed by atoms with van der Waals surface area (Å²) in [4.78, 5) is 21.1. The number of carboxylic acid groups (broad SMARTS) is 1. The SMILES string of the molecule is CC(C)C(=O)OCC(O)(O)CCC(=O)O. The lowest BCUT2D eigenvalue weighted by atomic mass is 10.1. The lowest BCUT2D eigenvalue weighted by Gasteiger charge is -2.20. The smallest absolute Gasteiger partial charge is 0.308 e. The molecule has 0 aromatic carbocycles. The fraction of sp³-hybridized carbons (Fsp3) is 0.778. The largest absolute Gasteiger partial charge is 0.481 e. The van der Waals surface area contributed by atoms with Gasteiger partial charge in [0, 0.05) is 6.42 Å². The molecule has 0 saturated heterocycles. The van der Waals surface area contributed by atoms with E-state index in [2.05, 4.69) is 4.74 Å². The van der Waals surface area contributed by atoms with Crippen LogP contribution in [0.15, 0.2) is 0 Å². The number of aliphatic hydroxyl groups is 2. The molecule has 6 heteroatoms. The molecule has 0 bridgehead atoms. The minimum absolute atomic E-state index is 0.361. The van der Waals surface area contributed by atoms with Crippen LogP contribution in [-0.2, 0) is 14.3 Å². The molecule has 15 heavy (non-hydrogen) atoms. The second-order valence-corrected chi connectivity index (χ2v) is 3.64. The second kappa shape index (κ2) is 5.67. The van der Waals surface area contributed by atoms with E-state index in [1.54, 1.807) is 13.8 Å². The van der Waals surface area contributed by atoms with Crippen LogP contribution in [-0.4, -0.2) is 39.7 Å². The predicted octanol–water partition coefficient (Wildman–Crippen LogP) is -0.269. The first kappa shape index (κ1) is 13.9. The molecule has 0 aromatic heterocycles. The van der Waals surface area contributed by atoms with Gasteiger partial charge < -0.3 is 20.1 Å². The Kier molecular flexibility index (Phi) is 5.24. The summed E-state index contributed by atoms with van der Waals surface area (Å²) < 4.78 is 4.57. The summed E-state index contributed by atoms with van der Waals surface area (Å²) in [7, 11) is 0. The van der Waals surface area contributed by atoms with E-state index in [-0.39, 0.29) is 12.3 Å². The van der Waals surface area contributed by atoms with Gasteiger partial charge in [-0.3, -0.25) is 9.59 Å². The second-order valence-electron chi connectivity index (χ2n) is 3.64. The van der Waals surface area contributed by atoms with E-state index in [0.717, 1.165) is 0 Å². The normalized spacial score (nSPS) is 11.5. The number of hydrogen-bond acceptors (Lipinski definition) is 5. The Labute approximate surface area is 87.5 Å². The van der Waals surface area contributed by atoms with Gasteiger partial charge in [0.05, 0.1) is 12.3 Å². The van der Waals surface area contributed by atoms with Crippen molar-refractivity contribution in [1.82, 2.24) is 0 Å². The van der Waals surface area contributed by atoms with Crippen molar-refractivity contribution in [3.63, 3.8) is 0 Å². The van der Waals surface area contributed by atoms with E-state index in [0.29, 0.717) is 0 Å². The number of rotatable bonds is 6. The molecule has 0 unspecified atom stereocenters. The number of aliphatic carboxylic acids is 1. The third-order valence-corrected chi connectivity index (χ3v) is 1.66. The highest BCUT2D eigenvalue weighted by Gasteiger charge is 2.26. The van der Waals surface area contributed by atoms with Gasteiger partial charge in [-0.2, -0.15) is 0 Å². The van der Waals surface area contributed by atoms with Crippen molar-refractivity contribution in [1.29, 1.82) is 0 Å². The van der Waals surface area contributed by atoms with E-state index >= 15 is 0 Å². The lowest BCUT2D eigenvalue weighted by Crippen LogP contribution is -2.36. The Morgan fingerprint density at radius 1 is 1.33 bits per heavy atom. The van der Waals surface area contributed by atoms with Crippen LogP contribution in [0.2, 0.25) is 0 Å². The number of esters is 1. The van der Waals surface area contributed by atoms with E-state index < -0.39 is 30.8 Å². The molecule has 3 N–H and O–H groups in total. The highest BCUT2D eigenvalue weighted by molar-refractivity contribution is 5.71. The molecular formula is C9H16O6. The van der Waals surface area contributed by atoms with Crippen LogP contribution in [0, 0.1) is 5.92 Å². The Bertz CT molecular complexity index is 233. The predicted molar refractivity (Wildman–Crippen MR) is 49.8 cm³/mol. The molecule has 0 heterocycles. The van der Waals surface area contributed by atoms with Crippen LogP contribution in [0.5, 0.6) is 0 Å². The topological polar surface area (TPSA) is 104 Å². The summed E-state index contributed by atoms with van der Waals surface area (Å²) in [5, 5.41) is 26.7. The molecule has 88 valence electrons. The van der Waals surface area contributed by atoms with Gasteiger partial charge in [-0.25, -0.2) is 0 Å². The van der Waals surface area contributed by atoms with Crippen molar-refractivity contribution in [2.45, 2.75) is 32.5 Å². The Hall–Kier alpha value is -1.14. The first-order valence-electron chi connectivity index (χ1n) is 4.58. The van der Waals surface area contributed by atoms with Gasteiger partial charge in [-0.15, -0.1) is 0 Å². The van der Waals surface area contributed by atoms with Gasteiger partial charge >= 0.3 is 11.9 Å². The van der Waals surface area contributed by atoms with Gasteiger partial charge in [0.15, 0.2) is 5.79 Å². The van der Waals surface area contributed by atoms with Crippen molar-refractivity contribution in [2.24, 2.45) is 5.92 Å². The van der Waals surface area contributed by atoms with Crippen LogP contribution in [0.3, 0.4) is 0 Å². The molecule has 0 atom stereocenters. The maximum absolute atomic E-state index is 11.0. The maximum atomic E-state index is 11.0. The molecule has 0 rings (SSSR count). The minimum atomic E-state index is -2.27. The van der Waals surface area contributed by atoms with Crippen molar-refractivity contribution in [3.8, 4) is 0 Å². The fourth-order valence-corrected chi connectivity index (χ4v) is 0.733. The average molecular weight is 220 g/mol. The van der Waals surface area contributed by atoms with Gasteiger partial charge in [0.2, 0.25) is 0 Å². The number of carbonyl (C=O) groups is 2. The summed E-state index contributed by atoms with van der Waals surface area (Å²) >= 11 is 0. The number of carboxylic acids is 1. The molecule has 0 fully saturated rings. The summed E-state index contributed by atoms with van der Waals surface area (Å²) in [6.45, 7) is 2.60. The molecule has 0 spiro atoms. The summed E-state index contributed by atoms with van der Waals surface area (Å²) in [6, 6.07) is 0.